The van der Waals surface area contributed by atoms with Crippen LogP contribution in [0.1, 0.15) is 34.6 Å². The molecular weight excluding hydrogens is 136 g/mol. The van der Waals surface area contributed by atoms with Gasteiger partial charge in [0.15, 0.2) is 0 Å². The molecule has 0 aromatic carbocycles. The second-order valence-corrected chi connectivity index (χ2v) is 2.93. The van der Waals surface area contributed by atoms with Crippen LogP contribution in [0, 0.1) is 5.92 Å². The van der Waals surface area contributed by atoms with E-state index in [0.29, 0.717) is 5.92 Å². The molecule has 0 aromatic rings. The van der Waals surface area contributed by atoms with Crippen LogP contribution in [-0.4, -0.2) is 18.1 Å². The molecule has 0 aromatic heterocycles. The highest BCUT2D eigenvalue weighted by atomic mass is 14.9. The summed E-state index contributed by atoms with van der Waals surface area (Å²) in [5.74, 6) is 1.41. The first-order valence-corrected chi connectivity index (χ1v) is 4.14. The summed E-state index contributed by atoms with van der Waals surface area (Å²) in [6.45, 7) is 11.1. The lowest BCUT2D eigenvalue weighted by Crippen LogP contribution is -2.04. The van der Waals surface area contributed by atoms with Crippen LogP contribution < -0.4 is 0 Å². The van der Waals surface area contributed by atoms with Crippen LogP contribution in [0.4, 0.5) is 0 Å². The average Bonchev–Trinajstić information content (AvgIpc) is 1.87. The molecule has 0 aliphatic carbocycles. The van der Waals surface area contributed by atoms with E-state index >= 15 is 0 Å². The van der Waals surface area contributed by atoms with Crippen molar-refractivity contribution in [1.82, 2.24) is 0 Å². The summed E-state index contributed by atoms with van der Waals surface area (Å²) in [6.07, 6.45) is 0. The molecule has 0 rings (SSSR count). The van der Waals surface area contributed by atoms with E-state index in [1.165, 1.54) is 0 Å². The Morgan fingerprint density at radius 1 is 1.27 bits per heavy atom. The van der Waals surface area contributed by atoms with Gasteiger partial charge < -0.3 is 0 Å². The maximum atomic E-state index is 4.33. The molecule has 0 radical (unpaired) electrons. The Hall–Kier alpha value is -0.660. The largest absolute Gasteiger partial charge is 0.271 e. The fraction of sp³-hybridized carbons (Fsp3) is 0.778. The fourth-order valence-corrected chi connectivity index (χ4v) is 0.648. The molecule has 0 aliphatic rings. The zero-order chi connectivity index (χ0) is 8.85. The Kier molecular flexibility index (Phi) is 4.75. The molecule has 0 saturated carbocycles. The zero-order valence-electron chi connectivity index (χ0n) is 8.18. The summed E-state index contributed by atoms with van der Waals surface area (Å²) < 4.78 is 0. The monoisotopic (exact) mass is 154 g/mol. The summed E-state index contributed by atoms with van der Waals surface area (Å²) >= 11 is 0. The van der Waals surface area contributed by atoms with Crippen molar-refractivity contribution < 1.29 is 0 Å². The quantitative estimate of drug-likeness (QED) is 0.431. The summed E-state index contributed by atoms with van der Waals surface area (Å²) in [4.78, 5) is 8.51. The van der Waals surface area contributed by atoms with E-state index in [-0.39, 0.29) is 0 Å². The second-order valence-electron chi connectivity index (χ2n) is 2.93. The molecule has 0 saturated heterocycles. The third kappa shape index (κ3) is 4.71. The smallest absolute Gasteiger partial charge is 0.119 e. The van der Waals surface area contributed by atoms with Crippen molar-refractivity contribution in [2.75, 3.05) is 6.54 Å². The van der Waals surface area contributed by atoms with Crippen molar-refractivity contribution in [2.24, 2.45) is 15.9 Å². The lowest BCUT2D eigenvalue weighted by molar-refractivity contribution is 0.879. The van der Waals surface area contributed by atoms with E-state index in [4.69, 9.17) is 0 Å². The van der Waals surface area contributed by atoms with Crippen molar-refractivity contribution in [3.8, 4) is 0 Å². The van der Waals surface area contributed by atoms with Gasteiger partial charge in [0.2, 0.25) is 0 Å². The molecule has 0 amide bonds. The minimum Gasteiger partial charge on any atom is -0.271 e. The van der Waals surface area contributed by atoms with Gasteiger partial charge in [-0.3, -0.25) is 4.99 Å². The number of hydrogen-bond acceptors (Lipinski definition) is 1. The Bertz CT molecular complexity index is 166. The molecule has 0 heterocycles. The maximum Gasteiger partial charge on any atom is 0.119 e. The van der Waals surface area contributed by atoms with E-state index < -0.39 is 0 Å². The SMILES string of the molecule is CCN=C(C)N=C(C)C(C)C. The highest BCUT2D eigenvalue weighted by Crippen LogP contribution is 1.96. The van der Waals surface area contributed by atoms with Crippen molar-refractivity contribution in [2.45, 2.75) is 34.6 Å². The van der Waals surface area contributed by atoms with Crippen LogP contribution in [0.2, 0.25) is 0 Å². The third-order valence-electron chi connectivity index (χ3n) is 1.56. The second kappa shape index (κ2) is 5.05. The minimum absolute atomic E-state index is 0.525. The van der Waals surface area contributed by atoms with Crippen molar-refractivity contribution in [1.29, 1.82) is 0 Å². The molecule has 0 spiro atoms. The van der Waals surface area contributed by atoms with Gasteiger partial charge in [-0.1, -0.05) is 13.8 Å². The van der Waals surface area contributed by atoms with E-state index in [9.17, 15) is 0 Å². The summed E-state index contributed by atoms with van der Waals surface area (Å²) in [6, 6.07) is 0. The van der Waals surface area contributed by atoms with Gasteiger partial charge in [-0.25, -0.2) is 4.99 Å². The Labute approximate surface area is 69.4 Å². The van der Waals surface area contributed by atoms with Gasteiger partial charge in [-0.15, -0.1) is 0 Å². The molecule has 0 bridgehead atoms. The van der Waals surface area contributed by atoms with Crippen LogP contribution >= 0.6 is 0 Å². The van der Waals surface area contributed by atoms with Gasteiger partial charge in [-0.2, -0.15) is 0 Å². The highest BCUT2D eigenvalue weighted by molar-refractivity contribution is 5.96. The maximum absolute atomic E-state index is 4.33. The van der Waals surface area contributed by atoms with E-state index in [1.54, 1.807) is 0 Å². The fourth-order valence-electron chi connectivity index (χ4n) is 0.648. The normalized spacial score (nSPS) is 14.4. The Morgan fingerprint density at radius 2 is 1.82 bits per heavy atom. The molecular formula is C9H18N2. The lowest BCUT2D eigenvalue weighted by Gasteiger charge is -2.02. The van der Waals surface area contributed by atoms with E-state index in [2.05, 4.69) is 23.8 Å². The summed E-state index contributed by atoms with van der Waals surface area (Å²) in [7, 11) is 0. The first-order chi connectivity index (χ1) is 5.07. The topological polar surface area (TPSA) is 24.7 Å². The van der Waals surface area contributed by atoms with Gasteiger partial charge in [0, 0.05) is 12.3 Å². The van der Waals surface area contributed by atoms with Crippen LogP contribution in [0.3, 0.4) is 0 Å². The highest BCUT2D eigenvalue weighted by Gasteiger charge is 1.97. The predicted molar refractivity (Wildman–Crippen MR) is 51.6 cm³/mol. The molecule has 0 unspecified atom stereocenters. The molecule has 0 fully saturated rings. The van der Waals surface area contributed by atoms with Crippen molar-refractivity contribution in [3.05, 3.63) is 0 Å². The predicted octanol–water partition coefficient (Wildman–Crippen LogP) is 2.54. The molecule has 11 heavy (non-hydrogen) atoms. The number of hydrogen-bond donors (Lipinski definition) is 0. The van der Waals surface area contributed by atoms with Crippen LogP contribution in [-0.2, 0) is 0 Å². The Morgan fingerprint density at radius 3 is 2.18 bits per heavy atom. The van der Waals surface area contributed by atoms with Crippen LogP contribution in [0.15, 0.2) is 9.98 Å². The molecule has 2 nitrogen and oxygen atoms in total. The summed E-state index contributed by atoms with van der Waals surface area (Å²) in [5.41, 5.74) is 1.15. The van der Waals surface area contributed by atoms with Gasteiger partial charge in [0.25, 0.3) is 0 Å². The molecule has 64 valence electrons. The van der Waals surface area contributed by atoms with Gasteiger partial charge >= 0.3 is 0 Å². The number of nitrogens with zero attached hydrogens (tertiary/aromatic N) is 2. The van der Waals surface area contributed by atoms with Crippen molar-refractivity contribution in [3.63, 3.8) is 0 Å². The average molecular weight is 154 g/mol. The number of aliphatic imine (C=N–C) groups is 2. The standard InChI is InChI=1S/C9H18N2/c1-6-10-9(5)11-8(4)7(2)3/h7H,6H2,1-5H3. The number of rotatable bonds is 2. The first-order valence-electron chi connectivity index (χ1n) is 4.14. The van der Waals surface area contributed by atoms with Crippen LogP contribution in [0.5, 0.6) is 0 Å². The van der Waals surface area contributed by atoms with Gasteiger partial charge in [-0.05, 0) is 26.7 Å². The molecule has 0 N–H and O–H groups in total. The first kappa shape index (κ1) is 10.3. The van der Waals surface area contributed by atoms with Crippen molar-refractivity contribution >= 4 is 11.5 Å². The van der Waals surface area contributed by atoms with E-state index in [1.807, 2.05) is 20.8 Å². The van der Waals surface area contributed by atoms with Gasteiger partial charge in [0.05, 0.1) is 0 Å². The van der Waals surface area contributed by atoms with Gasteiger partial charge in [0.1, 0.15) is 5.84 Å². The summed E-state index contributed by atoms with van der Waals surface area (Å²) in [5, 5.41) is 0. The van der Waals surface area contributed by atoms with E-state index in [0.717, 1.165) is 18.1 Å². The number of amidine groups is 1. The zero-order valence-corrected chi connectivity index (χ0v) is 8.18. The Balaban J connectivity index is 4.18. The molecule has 0 aliphatic heterocycles. The van der Waals surface area contributed by atoms with Crippen LogP contribution in [0.25, 0.3) is 0 Å². The minimum atomic E-state index is 0.525. The molecule has 0 atom stereocenters. The molecule has 2 heteroatoms. The third-order valence-corrected chi connectivity index (χ3v) is 1.56. The lowest BCUT2D eigenvalue weighted by atomic mass is 10.1.